The Kier molecular flexibility index (Phi) is 5.88. The Balaban J connectivity index is 1.63. The summed E-state index contributed by atoms with van der Waals surface area (Å²) in [7, 11) is 1.68. The monoisotopic (exact) mass is 507 g/mol. The Morgan fingerprint density at radius 1 is 0.973 bits per heavy atom. The molecule has 4 aromatic heterocycles. The molecule has 7 nitrogen and oxygen atoms in total. The van der Waals surface area contributed by atoms with Gasteiger partial charge in [0.25, 0.3) is 0 Å². The number of fused-ring (bicyclic) bond motifs is 3. The number of aryl methyl sites for hydroxylation is 2. The molecule has 0 radical (unpaired) electrons. The van der Waals surface area contributed by atoms with Crippen LogP contribution in [-0.4, -0.2) is 31.8 Å². The van der Waals surface area contributed by atoms with E-state index in [1.807, 2.05) is 74.8 Å². The van der Waals surface area contributed by atoms with E-state index in [1.54, 1.807) is 18.9 Å². The standard InChI is InChI=1S/C29H25N5O2S/c1-17-27(19(3)36-33-17)22-14-24-21(15-26(22)35-4)28-25(16-31-24)32-29(37-20-10-6-5-7-11-20)34(28)18(2)23-12-8-9-13-30-23/h5-16,18H,1-4H3/t18-/m1/s1. The van der Waals surface area contributed by atoms with Gasteiger partial charge in [-0.05, 0) is 57.2 Å². The van der Waals surface area contributed by atoms with Gasteiger partial charge >= 0.3 is 0 Å². The summed E-state index contributed by atoms with van der Waals surface area (Å²) in [6.45, 7) is 6.00. The van der Waals surface area contributed by atoms with Crippen molar-refractivity contribution in [1.82, 2.24) is 24.7 Å². The summed E-state index contributed by atoms with van der Waals surface area (Å²) < 4.78 is 13.6. The fraction of sp³-hybridized carbons (Fsp3) is 0.172. The Hall–Kier alpha value is -4.17. The predicted octanol–water partition coefficient (Wildman–Crippen LogP) is 7.02. The van der Waals surface area contributed by atoms with Crippen LogP contribution in [0.5, 0.6) is 5.75 Å². The third kappa shape index (κ3) is 4.03. The fourth-order valence-electron chi connectivity index (χ4n) is 4.79. The number of hydrogen-bond donors (Lipinski definition) is 0. The molecule has 0 fully saturated rings. The number of methoxy groups -OCH3 is 1. The summed E-state index contributed by atoms with van der Waals surface area (Å²) in [5, 5.41) is 5.97. The van der Waals surface area contributed by atoms with Crippen LogP contribution in [0.4, 0.5) is 0 Å². The molecule has 0 bridgehead atoms. The van der Waals surface area contributed by atoms with Crippen molar-refractivity contribution in [2.45, 2.75) is 36.9 Å². The van der Waals surface area contributed by atoms with Crippen molar-refractivity contribution < 1.29 is 9.26 Å². The molecular weight excluding hydrogens is 482 g/mol. The van der Waals surface area contributed by atoms with Crippen LogP contribution in [0.15, 0.2) is 87.6 Å². The van der Waals surface area contributed by atoms with Gasteiger partial charge in [0.05, 0.1) is 47.3 Å². The van der Waals surface area contributed by atoms with E-state index in [0.29, 0.717) is 0 Å². The number of imidazole rings is 1. The van der Waals surface area contributed by atoms with Crippen LogP contribution in [-0.2, 0) is 0 Å². The zero-order valence-electron chi connectivity index (χ0n) is 21.0. The highest BCUT2D eigenvalue weighted by atomic mass is 32.2. The maximum absolute atomic E-state index is 5.88. The van der Waals surface area contributed by atoms with Crippen LogP contribution in [0.1, 0.15) is 30.1 Å². The minimum Gasteiger partial charge on any atom is -0.496 e. The van der Waals surface area contributed by atoms with Crippen LogP contribution in [0, 0.1) is 13.8 Å². The van der Waals surface area contributed by atoms with E-state index in [2.05, 4.69) is 33.8 Å². The molecule has 1 atom stereocenters. The number of benzene rings is 2. The van der Waals surface area contributed by atoms with E-state index in [9.17, 15) is 0 Å². The number of aromatic nitrogens is 5. The van der Waals surface area contributed by atoms with E-state index in [-0.39, 0.29) is 6.04 Å². The molecule has 6 rings (SSSR count). The second-order valence-electron chi connectivity index (χ2n) is 8.87. The Morgan fingerprint density at radius 3 is 2.49 bits per heavy atom. The zero-order chi connectivity index (χ0) is 25.5. The third-order valence-electron chi connectivity index (χ3n) is 6.56. The first kappa shape index (κ1) is 23.2. The quantitative estimate of drug-likeness (QED) is 0.240. The van der Waals surface area contributed by atoms with E-state index in [1.165, 1.54) is 0 Å². The summed E-state index contributed by atoms with van der Waals surface area (Å²) in [5.74, 6) is 1.47. The molecule has 184 valence electrons. The van der Waals surface area contributed by atoms with Crippen molar-refractivity contribution >= 4 is 33.7 Å². The lowest BCUT2D eigenvalue weighted by atomic mass is 10.0. The molecule has 0 aliphatic carbocycles. The lowest BCUT2D eigenvalue weighted by Crippen LogP contribution is -2.10. The highest BCUT2D eigenvalue weighted by Gasteiger charge is 2.24. The van der Waals surface area contributed by atoms with Crippen molar-refractivity contribution in [2.75, 3.05) is 7.11 Å². The van der Waals surface area contributed by atoms with Gasteiger partial charge in [0.2, 0.25) is 0 Å². The zero-order valence-corrected chi connectivity index (χ0v) is 21.8. The van der Waals surface area contributed by atoms with Gasteiger partial charge in [-0.25, -0.2) is 4.98 Å². The normalized spacial score (nSPS) is 12.3. The highest BCUT2D eigenvalue weighted by molar-refractivity contribution is 7.99. The smallest absolute Gasteiger partial charge is 0.174 e. The molecule has 0 spiro atoms. The van der Waals surface area contributed by atoms with Crippen LogP contribution < -0.4 is 4.74 Å². The van der Waals surface area contributed by atoms with E-state index in [0.717, 1.165) is 66.0 Å². The molecule has 0 aliphatic heterocycles. The molecule has 37 heavy (non-hydrogen) atoms. The first-order valence-electron chi connectivity index (χ1n) is 12.0. The molecule has 0 amide bonds. The van der Waals surface area contributed by atoms with Gasteiger partial charge in [-0.3, -0.25) is 9.97 Å². The first-order chi connectivity index (χ1) is 18.0. The van der Waals surface area contributed by atoms with E-state index in [4.69, 9.17) is 19.2 Å². The Morgan fingerprint density at radius 2 is 1.78 bits per heavy atom. The highest BCUT2D eigenvalue weighted by Crippen LogP contribution is 2.41. The van der Waals surface area contributed by atoms with Crippen LogP contribution in [0.25, 0.3) is 33.1 Å². The number of nitrogens with zero attached hydrogens (tertiary/aromatic N) is 5. The lowest BCUT2D eigenvalue weighted by Gasteiger charge is -2.18. The van der Waals surface area contributed by atoms with E-state index < -0.39 is 0 Å². The summed E-state index contributed by atoms with van der Waals surface area (Å²) in [5.41, 5.74) is 6.25. The molecule has 0 aliphatic rings. The van der Waals surface area contributed by atoms with Gasteiger partial charge in [0, 0.05) is 22.0 Å². The number of hydrogen-bond acceptors (Lipinski definition) is 7. The Bertz CT molecular complexity index is 1710. The summed E-state index contributed by atoms with van der Waals surface area (Å²) in [6, 6.07) is 20.3. The molecule has 6 aromatic rings. The van der Waals surface area contributed by atoms with Crippen LogP contribution in [0.3, 0.4) is 0 Å². The van der Waals surface area contributed by atoms with Gasteiger partial charge in [0.15, 0.2) is 5.16 Å². The molecule has 4 heterocycles. The van der Waals surface area contributed by atoms with Crippen molar-refractivity contribution in [3.8, 4) is 16.9 Å². The second-order valence-corrected chi connectivity index (χ2v) is 9.91. The SMILES string of the molecule is COc1cc2c(cc1-c1c(C)noc1C)ncc1nc(Sc3ccccc3)n([C@H](C)c3ccccn3)c12. The summed E-state index contributed by atoms with van der Waals surface area (Å²) in [4.78, 5) is 15.6. The van der Waals surface area contributed by atoms with Crippen molar-refractivity contribution in [2.24, 2.45) is 0 Å². The van der Waals surface area contributed by atoms with Crippen molar-refractivity contribution in [3.05, 3.63) is 90.2 Å². The van der Waals surface area contributed by atoms with Gasteiger partial charge in [-0.1, -0.05) is 41.2 Å². The maximum Gasteiger partial charge on any atom is 0.174 e. The number of pyridine rings is 2. The molecule has 0 saturated carbocycles. The van der Waals surface area contributed by atoms with Gasteiger partial charge in [-0.15, -0.1) is 0 Å². The van der Waals surface area contributed by atoms with Crippen LogP contribution >= 0.6 is 11.8 Å². The van der Waals surface area contributed by atoms with Crippen molar-refractivity contribution in [3.63, 3.8) is 0 Å². The predicted molar refractivity (Wildman–Crippen MR) is 145 cm³/mol. The summed E-state index contributed by atoms with van der Waals surface area (Å²) in [6.07, 6.45) is 3.67. The van der Waals surface area contributed by atoms with Gasteiger partial charge in [-0.2, -0.15) is 0 Å². The van der Waals surface area contributed by atoms with Gasteiger partial charge in [0.1, 0.15) is 17.0 Å². The maximum atomic E-state index is 5.88. The molecule has 0 unspecified atom stereocenters. The number of ether oxygens (including phenoxy) is 1. The molecular formula is C29H25N5O2S. The van der Waals surface area contributed by atoms with Crippen LogP contribution in [0.2, 0.25) is 0 Å². The summed E-state index contributed by atoms with van der Waals surface area (Å²) >= 11 is 1.63. The lowest BCUT2D eigenvalue weighted by molar-refractivity contribution is 0.393. The van der Waals surface area contributed by atoms with E-state index >= 15 is 0 Å². The topological polar surface area (TPSA) is 78.9 Å². The Labute approximate surface area is 218 Å². The molecule has 0 saturated heterocycles. The molecule has 8 heteroatoms. The minimum absolute atomic E-state index is 0.0590. The minimum atomic E-state index is -0.0590. The molecule has 0 N–H and O–H groups in total. The molecule has 2 aromatic carbocycles. The second kappa shape index (κ2) is 9.37. The third-order valence-corrected chi connectivity index (χ3v) is 7.54. The first-order valence-corrected chi connectivity index (χ1v) is 12.8. The average molecular weight is 508 g/mol. The average Bonchev–Trinajstić information content (AvgIpc) is 3.47. The number of rotatable bonds is 6. The van der Waals surface area contributed by atoms with Crippen molar-refractivity contribution in [1.29, 1.82) is 0 Å². The van der Waals surface area contributed by atoms with Gasteiger partial charge < -0.3 is 13.8 Å². The largest absolute Gasteiger partial charge is 0.496 e. The fourth-order valence-corrected chi connectivity index (χ4v) is 5.79.